The molecule has 4 nitrogen and oxygen atoms in total. The molecule has 0 spiro atoms. The summed E-state index contributed by atoms with van der Waals surface area (Å²) in [7, 11) is 0. The average Bonchev–Trinajstić information content (AvgIpc) is 3.10. The van der Waals surface area contributed by atoms with Gasteiger partial charge in [-0.2, -0.15) is 0 Å². The van der Waals surface area contributed by atoms with Crippen molar-refractivity contribution in [2.24, 2.45) is 11.8 Å². The van der Waals surface area contributed by atoms with Crippen molar-refractivity contribution in [1.29, 1.82) is 0 Å². The molecule has 0 saturated carbocycles. The number of aromatic nitrogens is 1. The van der Waals surface area contributed by atoms with Gasteiger partial charge in [0.1, 0.15) is 0 Å². The molecule has 2 atom stereocenters. The van der Waals surface area contributed by atoms with Crippen LogP contribution in [0.15, 0.2) is 41.2 Å². The van der Waals surface area contributed by atoms with Crippen molar-refractivity contribution < 1.29 is 4.79 Å². The Morgan fingerprint density at radius 1 is 1.21 bits per heavy atom. The van der Waals surface area contributed by atoms with Crippen molar-refractivity contribution in [1.82, 2.24) is 9.47 Å². The summed E-state index contributed by atoms with van der Waals surface area (Å²) < 4.78 is 1.91. The minimum Gasteiger partial charge on any atom is -0.338 e. The summed E-state index contributed by atoms with van der Waals surface area (Å²) in [6, 6.07) is 9.83. The van der Waals surface area contributed by atoms with Crippen molar-refractivity contribution in [3.8, 4) is 0 Å². The second kappa shape index (κ2) is 7.70. The maximum atomic E-state index is 13.0. The number of nitrogens with zero attached hydrogens (tertiary/aromatic N) is 2. The number of hydrogen-bond donors (Lipinski definition) is 0. The van der Waals surface area contributed by atoms with Crippen molar-refractivity contribution >= 4 is 22.8 Å². The lowest BCUT2D eigenvalue weighted by Crippen LogP contribution is -2.48. The van der Waals surface area contributed by atoms with Crippen LogP contribution in [-0.2, 0) is 17.8 Å². The molecule has 0 aliphatic carbocycles. The van der Waals surface area contributed by atoms with Crippen molar-refractivity contribution in [3.05, 3.63) is 62.2 Å². The first-order valence-electron chi connectivity index (χ1n) is 10.2. The zero-order valence-electron chi connectivity index (χ0n) is 16.9. The number of pyridine rings is 1. The molecule has 2 aliphatic heterocycles. The normalized spacial score (nSPS) is 21.7. The molecule has 0 aromatic carbocycles. The number of hydrogen-bond acceptors (Lipinski definition) is 3. The van der Waals surface area contributed by atoms with Crippen LogP contribution in [0, 0.1) is 11.8 Å². The van der Waals surface area contributed by atoms with Crippen LogP contribution in [0.25, 0.3) is 5.57 Å². The number of allylic oxidation sites excluding steroid dienone is 1. The van der Waals surface area contributed by atoms with E-state index in [4.69, 9.17) is 0 Å². The summed E-state index contributed by atoms with van der Waals surface area (Å²) in [5, 5.41) is 0. The molecule has 4 heterocycles. The molecule has 1 saturated heterocycles. The molecule has 1 fully saturated rings. The number of amides is 1. The van der Waals surface area contributed by atoms with Gasteiger partial charge in [-0.05, 0) is 55.4 Å². The number of carbonyl (C=O) groups excluding carboxylic acids is 1. The molecule has 0 radical (unpaired) electrons. The fourth-order valence-electron chi connectivity index (χ4n) is 4.53. The fraction of sp³-hybridized carbons (Fsp3) is 0.478. The Labute approximate surface area is 170 Å². The maximum absolute atomic E-state index is 13.0. The van der Waals surface area contributed by atoms with E-state index in [1.54, 1.807) is 23.5 Å². The second-order valence-electron chi connectivity index (χ2n) is 8.63. The zero-order chi connectivity index (χ0) is 19.8. The highest BCUT2D eigenvalue weighted by atomic mass is 32.1. The smallest absolute Gasteiger partial charge is 0.250 e. The zero-order valence-corrected chi connectivity index (χ0v) is 17.7. The Hall–Kier alpha value is -2.14. The molecule has 148 valence electrons. The van der Waals surface area contributed by atoms with Gasteiger partial charge < -0.3 is 9.47 Å². The Morgan fingerprint density at radius 2 is 2.04 bits per heavy atom. The van der Waals surface area contributed by atoms with Gasteiger partial charge in [0.15, 0.2) is 0 Å². The minimum absolute atomic E-state index is 0.0811. The lowest BCUT2D eigenvalue weighted by molar-refractivity contribution is -0.128. The number of carbonyl (C=O) groups is 1. The van der Waals surface area contributed by atoms with E-state index in [0.29, 0.717) is 18.4 Å². The molecular formula is C23H28N2O2S. The van der Waals surface area contributed by atoms with E-state index in [0.717, 1.165) is 37.2 Å². The Morgan fingerprint density at radius 3 is 2.82 bits per heavy atom. The Balaban J connectivity index is 1.49. The Kier molecular flexibility index (Phi) is 5.28. The first-order chi connectivity index (χ1) is 13.4. The minimum atomic E-state index is 0.0811. The highest BCUT2D eigenvalue weighted by Crippen LogP contribution is 2.35. The quantitative estimate of drug-likeness (QED) is 0.729. The highest BCUT2D eigenvalue weighted by Gasteiger charge is 2.35. The van der Waals surface area contributed by atoms with E-state index in [-0.39, 0.29) is 17.4 Å². The predicted octanol–water partition coefficient (Wildman–Crippen LogP) is 4.16. The van der Waals surface area contributed by atoms with Gasteiger partial charge >= 0.3 is 0 Å². The van der Waals surface area contributed by atoms with Gasteiger partial charge in [0, 0.05) is 53.1 Å². The number of fused-ring (bicyclic) bond motifs is 4. The summed E-state index contributed by atoms with van der Waals surface area (Å²) in [5.41, 5.74) is 2.20. The van der Waals surface area contributed by atoms with Crippen LogP contribution >= 0.6 is 11.3 Å². The van der Waals surface area contributed by atoms with Gasteiger partial charge in [-0.3, -0.25) is 9.59 Å². The third-order valence-corrected chi connectivity index (χ3v) is 7.03. The molecule has 4 rings (SSSR count). The summed E-state index contributed by atoms with van der Waals surface area (Å²) in [6.07, 6.45) is 3.95. The topological polar surface area (TPSA) is 42.3 Å². The van der Waals surface area contributed by atoms with Gasteiger partial charge in [-0.15, -0.1) is 11.3 Å². The van der Waals surface area contributed by atoms with E-state index in [1.807, 2.05) is 28.5 Å². The molecule has 5 heteroatoms. The van der Waals surface area contributed by atoms with Crippen molar-refractivity contribution in [2.45, 2.75) is 46.1 Å². The van der Waals surface area contributed by atoms with Gasteiger partial charge in [0.05, 0.1) is 0 Å². The summed E-state index contributed by atoms with van der Waals surface area (Å²) >= 11 is 1.79. The summed E-state index contributed by atoms with van der Waals surface area (Å²) in [6.45, 7) is 8.65. The largest absolute Gasteiger partial charge is 0.338 e. The van der Waals surface area contributed by atoms with Crippen LogP contribution in [0.1, 0.15) is 48.6 Å². The number of rotatable bonds is 4. The number of thiophene rings is 1. The lowest BCUT2D eigenvalue weighted by atomic mass is 9.83. The molecule has 2 aromatic heterocycles. The van der Waals surface area contributed by atoms with E-state index >= 15 is 0 Å². The third kappa shape index (κ3) is 3.86. The van der Waals surface area contributed by atoms with Gasteiger partial charge in [-0.25, -0.2) is 0 Å². The second-order valence-corrected chi connectivity index (χ2v) is 9.80. The molecule has 28 heavy (non-hydrogen) atoms. The maximum Gasteiger partial charge on any atom is 0.250 e. The summed E-state index contributed by atoms with van der Waals surface area (Å²) in [5.74, 6) is 1.36. The highest BCUT2D eigenvalue weighted by molar-refractivity contribution is 7.13. The van der Waals surface area contributed by atoms with E-state index in [9.17, 15) is 9.59 Å². The Bertz CT molecular complexity index is 969. The van der Waals surface area contributed by atoms with Crippen LogP contribution < -0.4 is 5.56 Å². The molecule has 1 amide bonds. The number of piperidine rings is 1. The predicted molar refractivity (Wildman–Crippen MR) is 115 cm³/mol. The lowest BCUT2D eigenvalue weighted by Gasteiger charge is -2.42. The van der Waals surface area contributed by atoms with Crippen LogP contribution in [0.2, 0.25) is 0 Å². The SMILES string of the molecule is CC(=CC(=O)N1CC2CC(C1)c1cccc(=O)n1C2)c1ccc(CC(C)C)s1. The molecule has 2 aromatic rings. The van der Waals surface area contributed by atoms with E-state index < -0.39 is 0 Å². The first kappa shape index (κ1) is 19.2. The average molecular weight is 397 g/mol. The first-order valence-corrected chi connectivity index (χ1v) is 11.0. The van der Waals surface area contributed by atoms with Crippen molar-refractivity contribution in [3.63, 3.8) is 0 Å². The molecule has 0 N–H and O–H groups in total. The standard InChI is InChI=1S/C23H28N2O2S/c1-15(2)9-19-7-8-21(28-19)16(3)10-23(27)24-12-17-11-18(14-24)20-5-4-6-22(26)25(20)13-17/h4-8,10,15,17-18H,9,11-14H2,1-3H3. The third-order valence-electron chi connectivity index (χ3n) is 5.79. The van der Waals surface area contributed by atoms with Crippen molar-refractivity contribution in [2.75, 3.05) is 13.1 Å². The van der Waals surface area contributed by atoms with E-state index in [2.05, 4.69) is 26.0 Å². The molecule has 2 bridgehead atoms. The number of likely N-dealkylation sites (tertiary alicyclic amines) is 1. The molecule has 2 unspecified atom stereocenters. The summed E-state index contributed by atoms with van der Waals surface area (Å²) in [4.78, 5) is 29.6. The molecule has 2 aliphatic rings. The van der Waals surface area contributed by atoms with Crippen LogP contribution in [0.3, 0.4) is 0 Å². The van der Waals surface area contributed by atoms with E-state index in [1.165, 1.54) is 9.75 Å². The van der Waals surface area contributed by atoms with Crippen LogP contribution in [-0.4, -0.2) is 28.5 Å². The van der Waals surface area contributed by atoms with Crippen LogP contribution in [0.5, 0.6) is 0 Å². The van der Waals surface area contributed by atoms with Crippen LogP contribution in [0.4, 0.5) is 0 Å². The molecular weight excluding hydrogens is 368 g/mol. The fourth-order valence-corrected chi connectivity index (χ4v) is 5.72. The monoisotopic (exact) mass is 396 g/mol. The van der Waals surface area contributed by atoms with Gasteiger partial charge in [-0.1, -0.05) is 19.9 Å². The van der Waals surface area contributed by atoms with Gasteiger partial charge in [0.2, 0.25) is 5.91 Å². The van der Waals surface area contributed by atoms with Gasteiger partial charge in [0.25, 0.3) is 5.56 Å².